The Hall–Kier alpha value is -3.68. The highest BCUT2D eigenvalue weighted by atomic mass is 19.3. The second kappa shape index (κ2) is 12.9. The third-order valence-corrected chi connectivity index (χ3v) is 7.48. The van der Waals surface area contributed by atoms with Gasteiger partial charge in [0.15, 0.2) is 11.6 Å². The second-order valence-electron chi connectivity index (χ2n) is 11.4. The Morgan fingerprint density at radius 3 is 2.60 bits per heavy atom. The molecular weight excluding hydrogens is 564 g/mol. The molecule has 3 aromatic heterocycles. The fourth-order valence-electron chi connectivity index (χ4n) is 5.52. The summed E-state index contributed by atoms with van der Waals surface area (Å²) in [5.41, 5.74) is 1.59. The van der Waals surface area contributed by atoms with Crippen molar-refractivity contribution in [2.75, 3.05) is 38.1 Å². The number of hydrogen-bond acceptors (Lipinski definition) is 8. The highest BCUT2D eigenvalue weighted by molar-refractivity contribution is 5.83. The maximum atomic E-state index is 15.0. The lowest BCUT2D eigenvalue weighted by Gasteiger charge is -2.40. The molecule has 1 aromatic carbocycles. The molecule has 0 spiro atoms. The number of alkyl halides is 2. The third-order valence-electron chi connectivity index (χ3n) is 7.48. The molecule has 1 unspecified atom stereocenters. The summed E-state index contributed by atoms with van der Waals surface area (Å²) < 4.78 is 62.5. The van der Waals surface area contributed by atoms with E-state index in [1.54, 1.807) is 18.3 Å². The molecule has 43 heavy (non-hydrogen) atoms. The van der Waals surface area contributed by atoms with Gasteiger partial charge in [-0.3, -0.25) is 4.90 Å². The Balaban J connectivity index is 1.26. The van der Waals surface area contributed by atoms with Gasteiger partial charge in [-0.25, -0.2) is 37.5 Å². The normalized spacial score (nSPS) is 17.8. The van der Waals surface area contributed by atoms with E-state index < -0.39 is 23.7 Å². The van der Waals surface area contributed by atoms with Crippen LogP contribution in [0.15, 0.2) is 36.7 Å². The van der Waals surface area contributed by atoms with Crippen LogP contribution in [0.5, 0.6) is 0 Å². The molecule has 0 aliphatic carbocycles. The lowest BCUT2D eigenvalue weighted by Crippen LogP contribution is -2.50. The number of rotatable bonds is 11. The van der Waals surface area contributed by atoms with E-state index in [2.05, 4.69) is 35.5 Å². The Morgan fingerprint density at radius 1 is 1.07 bits per heavy atom. The largest absolute Gasteiger partial charge is 0.373 e. The number of morpholine rings is 1. The van der Waals surface area contributed by atoms with Crippen molar-refractivity contribution in [3.63, 3.8) is 0 Å². The number of anilines is 2. The Labute approximate surface area is 247 Å². The molecule has 1 saturated heterocycles. The average molecular weight is 601 g/mol. The Morgan fingerprint density at radius 2 is 1.88 bits per heavy atom. The van der Waals surface area contributed by atoms with Crippen molar-refractivity contribution in [3.8, 4) is 11.3 Å². The molecule has 0 radical (unpaired) electrons. The number of imidazole rings is 1. The van der Waals surface area contributed by atoms with Gasteiger partial charge < -0.3 is 19.9 Å². The topological polar surface area (TPSA) is 93.0 Å². The molecule has 1 atom stereocenters. The maximum absolute atomic E-state index is 15.0. The molecule has 0 amide bonds. The van der Waals surface area contributed by atoms with Crippen molar-refractivity contribution in [1.29, 1.82) is 0 Å². The fourth-order valence-corrected chi connectivity index (χ4v) is 5.52. The predicted octanol–water partition coefficient (Wildman–Crippen LogP) is 5.64. The van der Waals surface area contributed by atoms with E-state index in [9.17, 15) is 13.2 Å². The number of benzene rings is 1. The van der Waals surface area contributed by atoms with Gasteiger partial charge in [-0.2, -0.15) is 0 Å². The summed E-state index contributed by atoms with van der Waals surface area (Å²) in [6.45, 7) is 10.5. The molecule has 0 saturated carbocycles. The molecule has 0 bridgehead atoms. The van der Waals surface area contributed by atoms with E-state index in [1.807, 2.05) is 38.3 Å². The average Bonchev–Trinajstić information content (AvgIpc) is 3.30. The minimum Gasteiger partial charge on any atom is -0.373 e. The zero-order valence-corrected chi connectivity index (χ0v) is 24.7. The number of nitrogens with zero attached hydrogens (tertiary/aromatic N) is 6. The number of pyridine rings is 1. The first kappa shape index (κ1) is 30.8. The van der Waals surface area contributed by atoms with E-state index in [4.69, 9.17) is 4.74 Å². The predicted molar refractivity (Wildman–Crippen MR) is 156 cm³/mol. The maximum Gasteiger partial charge on any atom is 0.250 e. The van der Waals surface area contributed by atoms with E-state index >= 15 is 4.39 Å². The quantitative estimate of drug-likeness (QED) is 0.169. The molecule has 4 heterocycles. The van der Waals surface area contributed by atoms with Crippen LogP contribution >= 0.6 is 0 Å². The van der Waals surface area contributed by atoms with E-state index in [-0.39, 0.29) is 35.3 Å². The van der Waals surface area contributed by atoms with Crippen LogP contribution < -0.4 is 10.6 Å². The molecule has 5 rings (SSSR count). The van der Waals surface area contributed by atoms with Gasteiger partial charge in [-0.15, -0.1) is 0 Å². The van der Waals surface area contributed by atoms with Crippen molar-refractivity contribution < 1.29 is 22.3 Å². The molecule has 1 aliphatic heterocycles. The third kappa shape index (κ3) is 7.28. The van der Waals surface area contributed by atoms with Crippen LogP contribution in [0.1, 0.15) is 44.6 Å². The van der Waals surface area contributed by atoms with Crippen molar-refractivity contribution in [2.45, 2.75) is 58.7 Å². The molecule has 230 valence electrons. The van der Waals surface area contributed by atoms with Crippen molar-refractivity contribution >= 4 is 22.8 Å². The summed E-state index contributed by atoms with van der Waals surface area (Å²) in [6.07, 6.45) is 1.04. The second-order valence-corrected chi connectivity index (χ2v) is 11.4. The highest BCUT2D eigenvalue weighted by Gasteiger charge is 2.31. The Kier molecular flexibility index (Phi) is 9.23. The molecule has 2 N–H and O–H groups in total. The molecule has 4 aromatic rings. The number of ether oxygens (including phenoxy) is 1. The summed E-state index contributed by atoms with van der Waals surface area (Å²) in [6, 6.07) is 6.67. The van der Waals surface area contributed by atoms with Gasteiger partial charge in [-0.1, -0.05) is 6.07 Å². The van der Waals surface area contributed by atoms with Gasteiger partial charge in [0.1, 0.15) is 22.9 Å². The van der Waals surface area contributed by atoms with Crippen LogP contribution in [-0.2, 0) is 11.3 Å². The van der Waals surface area contributed by atoms with Crippen LogP contribution in [0, 0.1) is 18.6 Å². The number of nitrogens with one attached hydrogen (secondary N) is 2. The minimum atomic E-state index is -2.37. The van der Waals surface area contributed by atoms with Crippen molar-refractivity contribution in [2.24, 2.45) is 0 Å². The first-order valence-electron chi connectivity index (χ1n) is 14.3. The minimum absolute atomic E-state index is 0.0381. The summed E-state index contributed by atoms with van der Waals surface area (Å²) in [5.74, 6) is 0.0260. The van der Waals surface area contributed by atoms with E-state index in [0.29, 0.717) is 49.8 Å². The molecule has 1 aliphatic rings. The number of aromatic nitrogens is 5. The summed E-state index contributed by atoms with van der Waals surface area (Å²) in [7, 11) is 0. The smallest absolute Gasteiger partial charge is 0.250 e. The van der Waals surface area contributed by atoms with Gasteiger partial charge in [-0.05, 0) is 64.4 Å². The zero-order chi connectivity index (χ0) is 30.7. The first-order valence-corrected chi connectivity index (χ1v) is 14.3. The van der Waals surface area contributed by atoms with Crippen LogP contribution in [-0.4, -0.2) is 74.2 Å². The highest BCUT2D eigenvalue weighted by Crippen LogP contribution is 2.30. The van der Waals surface area contributed by atoms with Crippen LogP contribution in [0.25, 0.3) is 22.3 Å². The lowest BCUT2D eigenvalue weighted by atomic mass is 9.99. The SMILES string of the molecule is Cc1nc2c(F)cc(-c3nc(Nc4ccc(CN5CCOC(C)(CCNCC(F)F)C5)cn4)ncc3F)cc2n1C(C)C. The number of hydrogen-bond donors (Lipinski definition) is 2. The van der Waals surface area contributed by atoms with Crippen molar-refractivity contribution in [3.05, 3.63) is 59.7 Å². The van der Waals surface area contributed by atoms with Crippen LogP contribution in [0.4, 0.5) is 29.3 Å². The molecule has 9 nitrogen and oxygen atoms in total. The summed E-state index contributed by atoms with van der Waals surface area (Å²) in [5, 5.41) is 5.77. The standard InChI is InChI=1S/C30H36F4N8O/c1-18(2)42-19(3)38-28-22(31)11-21(12-24(28)42)27-23(32)14-37-29(40-27)39-26-6-5-20(13-36-26)16-41-9-10-43-30(4,17-41)7-8-35-15-25(33)34/h5-6,11-14,18,25,35H,7-10,15-17H2,1-4H3,(H,36,37,39,40). The zero-order valence-electron chi connectivity index (χ0n) is 24.7. The van der Waals surface area contributed by atoms with E-state index in [0.717, 1.165) is 18.3 Å². The fraction of sp³-hybridized carbons (Fsp3) is 0.467. The monoisotopic (exact) mass is 600 g/mol. The van der Waals surface area contributed by atoms with Crippen LogP contribution in [0.2, 0.25) is 0 Å². The van der Waals surface area contributed by atoms with Crippen LogP contribution in [0.3, 0.4) is 0 Å². The molecular formula is C30H36F4N8O. The van der Waals surface area contributed by atoms with Gasteiger partial charge in [0.05, 0.1) is 30.5 Å². The van der Waals surface area contributed by atoms with E-state index in [1.165, 1.54) is 6.07 Å². The molecule has 1 fully saturated rings. The number of halogens is 4. The van der Waals surface area contributed by atoms with Crippen molar-refractivity contribution in [1.82, 2.24) is 34.7 Å². The molecule has 13 heteroatoms. The number of aryl methyl sites for hydroxylation is 1. The first-order chi connectivity index (χ1) is 20.5. The van der Waals surface area contributed by atoms with Gasteiger partial charge in [0.2, 0.25) is 5.95 Å². The van der Waals surface area contributed by atoms with Gasteiger partial charge in [0, 0.05) is 37.4 Å². The van der Waals surface area contributed by atoms with Gasteiger partial charge in [0.25, 0.3) is 6.43 Å². The number of fused-ring (bicyclic) bond motifs is 1. The summed E-state index contributed by atoms with van der Waals surface area (Å²) in [4.78, 5) is 19.4. The summed E-state index contributed by atoms with van der Waals surface area (Å²) >= 11 is 0. The Bertz CT molecular complexity index is 1560. The lowest BCUT2D eigenvalue weighted by molar-refractivity contribution is -0.104. The van der Waals surface area contributed by atoms with Gasteiger partial charge >= 0.3 is 0 Å².